The molecule has 2 aliphatic rings. The third-order valence-electron chi connectivity index (χ3n) is 1.28. The van der Waals surface area contributed by atoms with Gasteiger partial charge in [-0.3, -0.25) is 4.99 Å². The van der Waals surface area contributed by atoms with Crippen LogP contribution in [0.5, 0.6) is 0 Å². The third-order valence-corrected chi connectivity index (χ3v) is 2.82. The van der Waals surface area contributed by atoms with Crippen molar-refractivity contribution >= 4 is 32.9 Å². The largest absolute Gasteiger partial charge is 0.324 e. The predicted molar refractivity (Wildman–Crippen MR) is 43.6 cm³/mol. The number of hydrogen-bond donors (Lipinski definition) is 0. The van der Waals surface area contributed by atoms with E-state index in [1.807, 2.05) is 0 Å². The first kappa shape index (κ1) is 5.80. The van der Waals surface area contributed by atoms with Crippen molar-refractivity contribution in [2.45, 2.75) is 0 Å². The molecule has 2 aliphatic heterocycles. The standard InChI is InChI=1S/C5H5BrN2S/c6-4-3-8-2-1-7-5(8)9-4/h3H,1-2H2. The SMILES string of the molecule is BrC1=CN2CCN=C2S1. The summed E-state index contributed by atoms with van der Waals surface area (Å²) in [4.78, 5) is 6.43. The molecule has 0 spiro atoms. The number of halogens is 1. The zero-order valence-electron chi connectivity index (χ0n) is 4.67. The summed E-state index contributed by atoms with van der Waals surface area (Å²) in [5.74, 6) is 0. The third kappa shape index (κ3) is 0.901. The van der Waals surface area contributed by atoms with Crippen molar-refractivity contribution in [3.8, 4) is 0 Å². The fourth-order valence-electron chi connectivity index (χ4n) is 0.887. The Labute approximate surface area is 66.1 Å². The summed E-state index contributed by atoms with van der Waals surface area (Å²) in [5, 5.41) is 1.14. The van der Waals surface area contributed by atoms with Crippen molar-refractivity contribution in [2.75, 3.05) is 13.1 Å². The first-order valence-electron chi connectivity index (χ1n) is 2.72. The molecule has 2 heterocycles. The van der Waals surface area contributed by atoms with Crippen molar-refractivity contribution in [3.63, 3.8) is 0 Å². The van der Waals surface area contributed by atoms with Gasteiger partial charge < -0.3 is 4.90 Å². The fourth-order valence-corrected chi connectivity index (χ4v) is 2.34. The van der Waals surface area contributed by atoms with Crippen LogP contribution < -0.4 is 0 Å². The van der Waals surface area contributed by atoms with E-state index in [0.29, 0.717) is 0 Å². The minimum absolute atomic E-state index is 0.957. The van der Waals surface area contributed by atoms with Gasteiger partial charge in [0.2, 0.25) is 0 Å². The Hall–Kier alpha value is 0.0400. The van der Waals surface area contributed by atoms with Gasteiger partial charge in [0, 0.05) is 12.7 Å². The van der Waals surface area contributed by atoms with Crippen molar-refractivity contribution in [3.05, 3.63) is 10.0 Å². The van der Waals surface area contributed by atoms with Crippen LogP contribution in [0.3, 0.4) is 0 Å². The maximum absolute atomic E-state index is 4.27. The molecule has 0 amide bonds. The molecule has 0 fully saturated rings. The first-order chi connectivity index (χ1) is 4.36. The second-order valence-corrected chi connectivity index (χ2v) is 4.28. The Balaban J connectivity index is 2.26. The van der Waals surface area contributed by atoms with E-state index in [1.165, 1.54) is 3.81 Å². The van der Waals surface area contributed by atoms with Gasteiger partial charge >= 0.3 is 0 Å². The number of amidine groups is 1. The lowest BCUT2D eigenvalue weighted by atomic mass is 10.6. The molecule has 4 heteroatoms. The molecule has 0 aromatic heterocycles. The average Bonchev–Trinajstić information content (AvgIpc) is 2.22. The van der Waals surface area contributed by atoms with Gasteiger partial charge in [-0.25, -0.2) is 0 Å². The fraction of sp³-hybridized carbons (Fsp3) is 0.400. The molecule has 0 bridgehead atoms. The Bertz CT molecular complexity index is 199. The van der Waals surface area contributed by atoms with Crippen molar-refractivity contribution in [2.24, 2.45) is 4.99 Å². The van der Waals surface area contributed by atoms with E-state index in [9.17, 15) is 0 Å². The summed E-state index contributed by atoms with van der Waals surface area (Å²) in [6, 6.07) is 0. The minimum atomic E-state index is 0.957. The molecule has 0 unspecified atom stereocenters. The zero-order chi connectivity index (χ0) is 6.27. The molecule has 0 aliphatic carbocycles. The monoisotopic (exact) mass is 204 g/mol. The molecule has 0 radical (unpaired) electrons. The van der Waals surface area contributed by atoms with Crippen LogP contribution in [0.1, 0.15) is 0 Å². The van der Waals surface area contributed by atoms with E-state index in [-0.39, 0.29) is 0 Å². The number of fused-ring (bicyclic) bond motifs is 1. The molecule has 9 heavy (non-hydrogen) atoms. The lowest BCUT2D eigenvalue weighted by Gasteiger charge is -2.04. The topological polar surface area (TPSA) is 15.6 Å². The second-order valence-electron chi connectivity index (χ2n) is 1.89. The molecule has 0 saturated heterocycles. The van der Waals surface area contributed by atoms with Gasteiger partial charge in [-0.15, -0.1) is 0 Å². The quantitative estimate of drug-likeness (QED) is 0.596. The van der Waals surface area contributed by atoms with Crippen LogP contribution >= 0.6 is 27.7 Å². The van der Waals surface area contributed by atoms with Crippen LogP contribution in [0.25, 0.3) is 0 Å². The summed E-state index contributed by atoms with van der Waals surface area (Å²) < 4.78 is 1.17. The van der Waals surface area contributed by atoms with Gasteiger partial charge in [0.25, 0.3) is 0 Å². The molecule has 0 saturated carbocycles. The Morgan fingerprint density at radius 2 is 2.67 bits per heavy atom. The molecule has 0 atom stereocenters. The number of hydrogen-bond acceptors (Lipinski definition) is 3. The summed E-state index contributed by atoms with van der Waals surface area (Å²) >= 11 is 5.09. The summed E-state index contributed by atoms with van der Waals surface area (Å²) in [6.07, 6.45) is 2.08. The van der Waals surface area contributed by atoms with Gasteiger partial charge in [0.05, 0.1) is 10.4 Å². The molecule has 48 valence electrons. The maximum atomic E-state index is 4.27. The highest BCUT2D eigenvalue weighted by molar-refractivity contribution is 9.14. The highest BCUT2D eigenvalue weighted by Gasteiger charge is 2.22. The molecule has 2 rings (SSSR count). The van der Waals surface area contributed by atoms with Crippen LogP contribution in [0.15, 0.2) is 15.0 Å². The second kappa shape index (κ2) is 2.02. The van der Waals surface area contributed by atoms with Crippen LogP contribution in [-0.2, 0) is 0 Å². The van der Waals surface area contributed by atoms with Gasteiger partial charge in [-0.1, -0.05) is 0 Å². The molecule has 0 aromatic carbocycles. The molecule has 0 aromatic rings. The van der Waals surface area contributed by atoms with Gasteiger partial charge in [0.1, 0.15) is 0 Å². The Kier molecular flexibility index (Phi) is 1.30. The lowest BCUT2D eigenvalue weighted by molar-refractivity contribution is 0.624. The number of rotatable bonds is 0. The van der Waals surface area contributed by atoms with Gasteiger partial charge in [-0.2, -0.15) is 0 Å². The maximum Gasteiger partial charge on any atom is 0.168 e. The Morgan fingerprint density at radius 3 is 3.44 bits per heavy atom. The van der Waals surface area contributed by atoms with E-state index in [2.05, 4.69) is 32.0 Å². The summed E-state index contributed by atoms with van der Waals surface area (Å²) in [7, 11) is 0. The van der Waals surface area contributed by atoms with Crippen molar-refractivity contribution < 1.29 is 0 Å². The Morgan fingerprint density at radius 1 is 1.78 bits per heavy atom. The van der Waals surface area contributed by atoms with Crippen LogP contribution in [0.4, 0.5) is 0 Å². The summed E-state index contributed by atoms with van der Waals surface area (Å²) in [6.45, 7) is 2.01. The highest BCUT2D eigenvalue weighted by Crippen LogP contribution is 2.34. The van der Waals surface area contributed by atoms with E-state index < -0.39 is 0 Å². The van der Waals surface area contributed by atoms with Gasteiger partial charge in [-0.05, 0) is 27.7 Å². The van der Waals surface area contributed by atoms with E-state index in [4.69, 9.17) is 0 Å². The predicted octanol–water partition coefficient (Wildman–Crippen LogP) is 1.60. The number of nitrogens with zero attached hydrogens (tertiary/aromatic N) is 2. The van der Waals surface area contributed by atoms with E-state index >= 15 is 0 Å². The highest BCUT2D eigenvalue weighted by atomic mass is 79.9. The smallest absolute Gasteiger partial charge is 0.168 e. The molecule has 2 nitrogen and oxygen atoms in total. The van der Waals surface area contributed by atoms with Crippen LogP contribution in [0, 0.1) is 0 Å². The number of thioether (sulfide) groups is 1. The molecular formula is C5H5BrN2S. The zero-order valence-corrected chi connectivity index (χ0v) is 7.07. The van der Waals surface area contributed by atoms with E-state index in [1.54, 1.807) is 11.8 Å². The molecular weight excluding hydrogens is 200 g/mol. The van der Waals surface area contributed by atoms with Crippen molar-refractivity contribution in [1.29, 1.82) is 0 Å². The van der Waals surface area contributed by atoms with Gasteiger partial charge in [0.15, 0.2) is 5.17 Å². The van der Waals surface area contributed by atoms with E-state index in [0.717, 1.165) is 18.3 Å². The normalized spacial score (nSPS) is 23.9. The minimum Gasteiger partial charge on any atom is -0.324 e. The number of aliphatic imine (C=N–C) groups is 1. The lowest BCUT2D eigenvalue weighted by Crippen LogP contribution is -2.14. The molecule has 0 N–H and O–H groups in total. The summed E-state index contributed by atoms with van der Waals surface area (Å²) in [5.41, 5.74) is 0. The van der Waals surface area contributed by atoms with Crippen LogP contribution in [0.2, 0.25) is 0 Å². The average molecular weight is 205 g/mol. The van der Waals surface area contributed by atoms with Crippen molar-refractivity contribution in [1.82, 2.24) is 4.90 Å². The van der Waals surface area contributed by atoms with Crippen LogP contribution in [-0.4, -0.2) is 23.2 Å². The first-order valence-corrected chi connectivity index (χ1v) is 4.33.